The summed E-state index contributed by atoms with van der Waals surface area (Å²) in [5, 5.41) is 11.9. The van der Waals surface area contributed by atoms with Crippen LogP contribution in [-0.4, -0.2) is 58.8 Å². The summed E-state index contributed by atoms with van der Waals surface area (Å²) in [6.07, 6.45) is 5.00. The van der Waals surface area contributed by atoms with Crippen molar-refractivity contribution in [3.05, 3.63) is 24.0 Å². The Hall–Kier alpha value is -2.11. The number of sulfonamides is 1. The van der Waals surface area contributed by atoms with E-state index in [1.54, 1.807) is 12.1 Å². The molecular formula is C21H29N5O4S2. The zero-order valence-corrected chi connectivity index (χ0v) is 20.0. The van der Waals surface area contributed by atoms with Crippen molar-refractivity contribution in [1.82, 2.24) is 19.1 Å². The van der Waals surface area contributed by atoms with Crippen molar-refractivity contribution in [3.63, 3.8) is 0 Å². The van der Waals surface area contributed by atoms with E-state index in [1.165, 1.54) is 22.1 Å². The average Bonchev–Trinajstić information content (AvgIpc) is 3.56. The third kappa shape index (κ3) is 5.10. The Morgan fingerprint density at radius 2 is 1.97 bits per heavy atom. The van der Waals surface area contributed by atoms with Crippen molar-refractivity contribution in [2.45, 2.75) is 55.0 Å². The van der Waals surface area contributed by atoms with Gasteiger partial charge in [-0.25, -0.2) is 8.42 Å². The number of ether oxygens (including phenoxy) is 1. The second kappa shape index (κ2) is 9.80. The molecule has 1 aliphatic carbocycles. The Kier molecular flexibility index (Phi) is 7.06. The minimum atomic E-state index is -3.70. The topological polar surface area (TPSA) is 106 Å². The molecule has 32 heavy (non-hydrogen) atoms. The standard InChI is InChI=1S/C21H29N5O4S2/c1-3-30-17-10-9-16(13-18(17)32(28,29)26-11-5-4-6-12-26)22-19(27)14-31-21-24-23-20(25(21)2)15-7-8-15/h9-10,13,15H,3-8,11-12,14H2,1-2H3,(H,22,27). The number of anilines is 1. The van der Waals surface area contributed by atoms with Crippen LogP contribution in [0, 0.1) is 0 Å². The van der Waals surface area contributed by atoms with Crippen LogP contribution in [0.25, 0.3) is 0 Å². The fourth-order valence-electron chi connectivity index (χ4n) is 3.78. The summed E-state index contributed by atoms with van der Waals surface area (Å²) in [4.78, 5) is 12.6. The van der Waals surface area contributed by atoms with Gasteiger partial charge in [0.05, 0.1) is 12.4 Å². The highest BCUT2D eigenvalue weighted by molar-refractivity contribution is 7.99. The van der Waals surface area contributed by atoms with Crippen molar-refractivity contribution < 1.29 is 17.9 Å². The molecule has 2 aliphatic rings. The molecule has 0 radical (unpaired) electrons. The van der Waals surface area contributed by atoms with Gasteiger partial charge in [-0.2, -0.15) is 4.31 Å². The lowest BCUT2D eigenvalue weighted by molar-refractivity contribution is -0.113. The van der Waals surface area contributed by atoms with Gasteiger partial charge in [0, 0.05) is 31.7 Å². The lowest BCUT2D eigenvalue weighted by Crippen LogP contribution is -2.35. The quantitative estimate of drug-likeness (QED) is 0.551. The number of benzene rings is 1. The van der Waals surface area contributed by atoms with Gasteiger partial charge in [-0.1, -0.05) is 18.2 Å². The number of nitrogens with one attached hydrogen (secondary N) is 1. The molecule has 2 heterocycles. The van der Waals surface area contributed by atoms with Gasteiger partial charge in [-0.15, -0.1) is 10.2 Å². The number of hydrogen-bond donors (Lipinski definition) is 1. The minimum absolute atomic E-state index is 0.0917. The molecule has 11 heteroatoms. The first-order valence-electron chi connectivity index (χ1n) is 11.0. The number of rotatable bonds is 9. The molecule has 1 saturated heterocycles. The largest absolute Gasteiger partial charge is 0.492 e. The molecule has 2 fully saturated rings. The lowest BCUT2D eigenvalue weighted by Gasteiger charge is -2.27. The van der Waals surface area contributed by atoms with Crippen LogP contribution < -0.4 is 10.1 Å². The Morgan fingerprint density at radius 1 is 1.22 bits per heavy atom. The Balaban J connectivity index is 1.46. The van der Waals surface area contributed by atoms with Gasteiger partial charge in [0.2, 0.25) is 15.9 Å². The van der Waals surface area contributed by atoms with Crippen LogP contribution in [0.2, 0.25) is 0 Å². The fraction of sp³-hybridized carbons (Fsp3) is 0.571. The van der Waals surface area contributed by atoms with Gasteiger partial charge >= 0.3 is 0 Å². The second-order valence-electron chi connectivity index (χ2n) is 8.07. The Bertz CT molecular complexity index is 1080. The number of amides is 1. The van der Waals surface area contributed by atoms with Gasteiger partial charge in [0.25, 0.3) is 0 Å². The monoisotopic (exact) mass is 479 g/mol. The van der Waals surface area contributed by atoms with Crippen molar-refractivity contribution in [2.75, 3.05) is 30.8 Å². The summed E-state index contributed by atoms with van der Waals surface area (Å²) in [5.41, 5.74) is 0.422. The van der Waals surface area contributed by atoms with E-state index < -0.39 is 10.0 Å². The third-order valence-corrected chi connectivity index (χ3v) is 8.54. The lowest BCUT2D eigenvalue weighted by atomic mass is 10.2. The molecule has 1 aromatic heterocycles. The summed E-state index contributed by atoms with van der Waals surface area (Å²) in [6, 6.07) is 4.76. The first-order valence-corrected chi connectivity index (χ1v) is 13.4. The van der Waals surface area contributed by atoms with Crippen LogP contribution in [0.15, 0.2) is 28.3 Å². The zero-order chi connectivity index (χ0) is 22.7. The van der Waals surface area contributed by atoms with E-state index in [4.69, 9.17) is 4.74 Å². The van der Waals surface area contributed by atoms with Crippen molar-refractivity contribution in [3.8, 4) is 5.75 Å². The molecule has 1 aromatic carbocycles. The molecule has 9 nitrogen and oxygen atoms in total. The summed E-state index contributed by atoms with van der Waals surface area (Å²) in [5.74, 6) is 1.67. The van der Waals surface area contributed by atoms with E-state index in [9.17, 15) is 13.2 Å². The molecule has 2 aromatic rings. The number of carbonyl (C=O) groups is 1. The van der Waals surface area contributed by atoms with Crippen LogP contribution in [0.5, 0.6) is 5.75 Å². The molecule has 1 aliphatic heterocycles. The number of nitrogens with zero attached hydrogens (tertiary/aromatic N) is 4. The number of aromatic nitrogens is 3. The van der Waals surface area contributed by atoms with Crippen LogP contribution in [-0.2, 0) is 21.9 Å². The molecule has 1 N–H and O–H groups in total. The predicted molar refractivity (Wildman–Crippen MR) is 123 cm³/mol. The number of thioether (sulfide) groups is 1. The Morgan fingerprint density at radius 3 is 2.66 bits per heavy atom. The van der Waals surface area contributed by atoms with E-state index in [2.05, 4.69) is 15.5 Å². The minimum Gasteiger partial charge on any atom is -0.492 e. The summed E-state index contributed by atoms with van der Waals surface area (Å²) in [6.45, 7) is 3.17. The maximum atomic E-state index is 13.2. The van der Waals surface area contributed by atoms with Crippen LogP contribution in [0.3, 0.4) is 0 Å². The van der Waals surface area contributed by atoms with E-state index in [1.807, 2.05) is 18.5 Å². The van der Waals surface area contributed by atoms with E-state index in [-0.39, 0.29) is 16.6 Å². The molecule has 1 saturated carbocycles. The van der Waals surface area contributed by atoms with Crippen LogP contribution in [0.4, 0.5) is 5.69 Å². The maximum absolute atomic E-state index is 13.2. The second-order valence-corrected chi connectivity index (χ2v) is 10.9. The third-order valence-electron chi connectivity index (χ3n) is 5.60. The van der Waals surface area contributed by atoms with E-state index >= 15 is 0 Å². The predicted octanol–water partition coefficient (Wildman–Crippen LogP) is 3.00. The molecular weight excluding hydrogens is 450 g/mol. The Labute approximate surface area is 193 Å². The molecule has 174 valence electrons. The van der Waals surface area contributed by atoms with Crippen molar-refractivity contribution in [1.29, 1.82) is 0 Å². The summed E-state index contributed by atoms with van der Waals surface area (Å²) >= 11 is 1.31. The van der Waals surface area contributed by atoms with Gasteiger partial charge in [0.1, 0.15) is 16.5 Å². The van der Waals surface area contributed by atoms with E-state index in [0.717, 1.165) is 37.9 Å². The van der Waals surface area contributed by atoms with E-state index in [0.29, 0.717) is 42.2 Å². The SMILES string of the molecule is CCOc1ccc(NC(=O)CSc2nnc(C3CC3)n2C)cc1S(=O)(=O)N1CCCCC1. The molecule has 4 rings (SSSR count). The average molecular weight is 480 g/mol. The normalized spacial score (nSPS) is 17.3. The smallest absolute Gasteiger partial charge is 0.246 e. The number of hydrogen-bond acceptors (Lipinski definition) is 7. The molecule has 0 atom stereocenters. The highest BCUT2D eigenvalue weighted by Crippen LogP contribution is 2.39. The number of carbonyl (C=O) groups excluding carboxylic acids is 1. The van der Waals surface area contributed by atoms with Crippen molar-refractivity contribution in [2.24, 2.45) is 7.05 Å². The maximum Gasteiger partial charge on any atom is 0.246 e. The summed E-state index contributed by atoms with van der Waals surface area (Å²) in [7, 11) is -1.79. The highest BCUT2D eigenvalue weighted by Gasteiger charge is 2.30. The van der Waals surface area contributed by atoms with Crippen LogP contribution >= 0.6 is 11.8 Å². The first-order chi connectivity index (χ1) is 15.4. The fourth-order valence-corrected chi connectivity index (χ4v) is 6.17. The van der Waals surface area contributed by atoms with Crippen LogP contribution in [0.1, 0.15) is 50.8 Å². The van der Waals surface area contributed by atoms with Crippen molar-refractivity contribution >= 4 is 33.4 Å². The molecule has 0 spiro atoms. The van der Waals surface area contributed by atoms with Gasteiger partial charge in [-0.3, -0.25) is 4.79 Å². The van der Waals surface area contributed by atoms with Gasteiger partial charge in [-0.05, 0) is 50.8 Å². The van der Waals surface area contributed by atoms with Gasteiger partial charge < -0.3 is 14.6 Å². The molecule has 0 bridgehead atoms. The zero-order valence-electron chi connectivity index (χ0n) is 18.4. The summed E-state index contributed by atoms with van der Waals surface area (Å²) < 4.78 is 35.5. The molecule has 0 unspecified atom stereocenters. The number of piperidine rings is 1. The molecule has 1 amide bonds. The van der Waals surface area contributed by atoms with Gasteiger partial charge in [0.15, 0.2) is 5.16 Å². The highest BCUT2D eigenvalue weighted by atomic mass is 32.2. The first kappa shape index (κ1) is 23.1.